The highest BCUT2D eigenvalue weighted by Crippen LogP contribution is 1.91. The first-order valence-electron chi connectivity index (χ1n) is 2.12. The second-order valence-corrected chi connectivity index (χ2v) is 1.34. The second kappa shape index (κ2) is 3.92. The van der Waals surface area contributed by atoms with Crippen LogP contribution in [0, 0.1) is 0 Å². The zero-order valence-electron chi connectivity index (χ0n) is 4.08. The second-order valence-electron chi connectivity index (χ2n) is 1.34. The van der Waals surface area contributed by atoms with Crippen LogP contribution in [0.1, 0.15) is 0 Å². The molecule has 0 heterocycles. The summed E-state index contributed by atoms with van der Waals surface area (Å²) < 4.78 is 45.2. The van der Waals surface area contributed by atoms with Crippen molar-refractivity contribution in [2.75, 3.05) is 0 Å². The van der Waals surface area contributed by atoms with Gasteiger partial charge in [-0.25, -0.2) is 0 Å². The van der Waals surface area contributed by atoms with Crippen molar-refractivity contribution in [3.63, 3.8) is 0 Å². The molecule has 0 nitrogen and oxygen atoms in total. The van der Waals surface area contributed by atoms with Gasteiger partial charge in [0.2, 0.25) is 0 Å². The first-order valence-corrected chi connectivity index (χ1v) is 2.12. The number of rotatable bonds is 3. The van der Waals surface area contributed by atoms with Crippen LogP contribution in [0.5, 0.6) is 0 Å². The molecule has 0 aromatic carbocycles. The first kappa shape index (κ1) is 7.98. The highest BCUT2D eigenvalue weighted by Gasteiger charge is 2.34. The van der Waals surface area contributed by atoms with Crippen LogP contribution in [0.15, 0.2) is 0 Å². The summed E-state index contributed by atoms with van der Waals surface area (Å²) in [5.41, 5.74) is 0. The summed E-state index contributed by atoms with van der Waals surface area (Å²) in [6.07, 6.45) is 0. The molecule has 0 aliphatic rings. The molecule has 0 fully saturated rings. The van der Waals surface area contributed by atoms with E-state index in [9.17, 15) is 17.3 Å². The zero-order chi connectivity index (χ0) is 6.57. The van der Waals surface area contributed by atoms with E-state index in [0.29, 0.717) is 0 Å². The van der Waals surface area contributed by atoms with Crippen molar-refractivity contribution in [1.29, 1.82) is 0 Å². The molecule has 0 amide bonds. The van der Waals surface area contributed by atoms with Gasteiger partial charge in [0.25, 0.3) is 0 Å². The summed E-state index contributed by atoms with van der Waals surface area (Å²) in [4.78, 5) is 0. The molecule has 0 saturated carbocycles. The molecule has 0 aliphatic carbocycles. The minimum atomic E-state index is -2.29. The van der Waals surface area contributed by atoms with E-state index < -0.39 is 28.4 Å². The molecule has 8 heteroatoms. The zero-order valence-corrected chi connectivity index (χ0v) is 4.08. The summed E-state index contributed by atoms with van der Waals surface area (Å²) in [6.45, 7) is -4.58. The van der Waals surface area contributed by atoms with Crippen molar-refractivity contribution in [2.45, 2.75) is 0 Å². The first-order chi connectivity index (χ1) is 3.72. The van der Waals surface area contributed by atoms with Crippen molar-refractivity contribution in [1.82, 2.24) is 0 Å². The average Bonchev–Trinajstić information content (AvgIpc) is 1.84. The van der Waals surface area contributed by atoms with Crippen molar-refractivity contribution < 1.29 is 17.3 Å². The van der Waals surface area contributed by atoms with Crippen molar-refractivity contribution in [3.8, 4) is 0 Å². The van der Waals surface area contributed by atoms with Crippen molar-refractivity contribution in [3.05, 3.63) is 0 Å². The Balaban J connectivity index is 3.29. The molecule has 0 atom stereocenters. The molecule has 8 heavy (non-hydrogen) atoms. The predicted molar refractivity (Wildman–Crippen MR) is 30.2 cm³/mol. The molecule has 0 rings (SSSR count). The summed E-state index contributed by atoms with van der Waals surface area (Å²) in [7, 11) is -2.91. The van der Waals surface area contributed by atoms with Crippen LogP contribution in [-0.4, -0.2) is 28.4 Å². The van der Waals surface area contributed by atoms with Gasteiger partial charge >= 0.3 is 28.4 Å². The lowest BCUT2D eigenvalue weighted by Gasteiger charge is -1.91. The third kappa shape index (κ3) is 2.33. The Kier molecular flexibility index (Phi) is 3.91. The summed E-state index contributed by atoms with van der Waals surface area (Å²) in [5.74, 6) is 0. The molecule has 0 aromatic heterocycles. The lowest BCUT2D eigenvalue weighted by Crippen LogP contribution is -2.36. The van der Waals surface area contributed by atoms with Crippen molar-refractivity contribution >= 4 is 28.4 Å². The van der Waals surface area contributed by atoms with Gasteiger partial charge < -0.3 is 17.3 Å². The smallest absolute Gasteiger partial charge is 0.350 e. The molecule has 0 aliphatic heterocycles. The fourth-order valence-electron chi connectivity index (χ4n) is 0.193. The van der Waals surface area contributed by atoms with Crippen LogP contribution in [0.25, 0.3) is 0 Å². The maximum absolute atomic E-state index is 11.5. The Hall–Kier alpha value is -0.0203. The topological polar surface area (TPSA) is 0 Å². The minimum Gasteiger partial charge on any atom is -0.350 e. The number of hydrogen-bond donors (Lipinski definition) is 0. The highest BCUT2D eigenvalue weighted by atomic mass is 19.2. The van der Waals surface area contributed by atoms with Gasteiger partial charge in [-0.15, -0.1) is 0 Å². The maximum atomic E-state index is 11.5. The third-order valence-electron chi connectivity index (χ3n) is 0.687. The average molecular weight is 121 g/mol. The number of hydrogen-bond acceptors (Lipinski definition) is 0. The summed E-state index contributed by atoms with van der Waals surface area (Å²) in [6, 6.07) is 0. The molecule has 0 N–H and O–H groups in total. The Labute approximate surface area is 46.8 Å². The fraction of sp³-hybridized carbons (Fsp3) is 0. The van der Waals surface area contributed by atoms with E-state index in [-0.39, 0.29) is 0 Å². The van der Waals surface area contributed by atoms with Gasteiger partial charge in [-0.2, -0.15) is 0 Å². The maximum Gasteiger partial charge on any atom is 0.352 e. The molecule has 0 radical (unpaired) electrons. The van der Waals surface area contributed by atoms with E-state index in [2.05, 4.69) is 0 Å². The van der Waals surface area contributed by atoms with E-state index in [4.69, 9.17) is 0 Å². The van der Waals surface area contributed by atoms with Crippen molar-refractivity contribution in [2.24, 2.45) is 0 Å². The molecule has 0 unspecified atom stereocenters. The van der Waals surface area contributed by atoms with Crippen LogP contribution in [0.4, 0.5) is 17.3 Å². The number of halogens is 4. The largest absolute Gasteiger partial charge is 0.352 e. The molecule has 0 saturated heterocycles. The van der Waals surface area contributed by atoms with Gasteiger partial charge in [-0.1, -0.05) is 0 Å². The highest BCUT2D eigenvalue weighted by molar-refractivity contribution is 7.53. The van der Waals surface area contributed by atoms with Crippen LogP contribution in [0.3, 0.4) is 0 Å². The summed E-state index contributed by atoms with van der Waals surface area (Å²) >= 11 is 0. The van der Waals surface area contributed by atoms with Gasteiger partial charge in [0.15, 0.2) is 0 Å². The van der Waals surface area contributed by atoms with E-state index in [1.807, 2.05) is 0 Å². The lowest BCUT2D eigenvalue weighted by molar-refractivity contribution is 0.807. The SMILES string of the molecule is FBB(F)B(F)BF. The molecular weight excluding hydrogens is 119 g/mol. The Bertz CT molecular complexity index is 48.0. The third-order valence-corrected chi connectivity index (χ3v) is 0.687. The van der Waals surface area contributed by atoms with E-state index in [0.717, 1.165) is 0 Å². The quantitative estimate of drug-likeness (QED) is 0.353. The van der Waals surface area contributed by atoms with Crippen LogP contribution < -0.4 is 0 Å². The van der Waals surface area contributed by atoms with E-state index in [1.165, 1.54) is 0 Å². The summed E-state index contributed by atoms with van der Waals surface area (Å²) in [5, 5.41) is 0. The Morgan fingerprint density at radius 1 is 0.875 bits per heavy atom. The van der Waals surface area contributed by atoms with Gasteiger partial charge in [-0.3, -0.25) is 0 Å². The van der Waals surface area contributed by atoms with Gasteiger partial charge in [0, 0.05) is 0 Å². The van der Waals surface area contributed by atoms with Gasteiger partial charge in [0.05, 0.1) is 0 Å². The Morgan fingerprint density at radius 3 is 1.25 bits per heavy atom. The van der Waals surface area contributed by atoms with E-state index >= 15 is 0 Å². The standard InChI is InChI=1S/B4F4H2/c5-1-3(7)4(8)2-6/h1-2H. The minimum absolute atomic E-state index is 1.45. The normalized spacial score (nSPS) is 8.00. The molecular formula is H2B4F4. The molecule has 0 aromatic rings. The van der Waals surface area contributed by atoms with E-state index in [1.54, 1.807) is 0 Å². The van der Waals surface area contributed by atoms with Crippen LogP contribution in [0.2, 0.25) is 0 Å². The van der Waals surface area contributed by atoms with Gasteiger partial charge in [-0.05, 0) is 0 Å². The molecule has 42 valence electrons. The molecule has 0 bridgehead atoms. The van der Waals surface area contributed by atoms with Crippen LogP contribution >= 0.6 is 0 Å². The van der Waals surface area contributed by atoms with Gasteiger partial charge in [0.1, 0.15) is 0 Å². The predicted octanol–water partition coefficient (Wildman–Crippen LogP) is -0.378. The Morgan fingerprint density at radius 2 is 1.12 bits per heavy atom. The fourth-order valence-corrected chi connectivity index (χ4v) is 0.193. The van der Waals surface area contributed by atoms with Crippen LogP contribution in [-0.2, 0) is 0 Å². The monoisotopic (exact) mass is 122 g/mol. The molecule has 0 spiro atoms. The lowest BCUT2D eigenvalue weighted by atomic mass is 9.09.